The highest BCUT2D eigenvalue weighted by Crippen LogP contribution is 2.28. The minimum atomic E-state index is -4.46. The van der Waals surface area contributed by atoms with Crippen molar-refractivity contribution in [3.8, 4) is 0 Å². The first-order valence-corrected chi connectivity index (χ1v) is 5.68. The van der Waals surface area contributed by atoms with E-state index in [1.807, 2.05) is 37.3 Å². The molecule has 1 aromatic carbocycles. The van der Waals surface area contributed by atoms with Crippen LogP contribution in [-0.2, 0) is 6.18 Å². The van der Waals surface area contributed by atoms with Gasteiger partial charge in [0.1, 0.15) is 5.69 Å². The average Bonchev–Trinajstić information content (AvgIpc) is 2.39. The fourth-order valence-corrected chi connectivity index (χ4v) is 1.60. The summed E-state index contributed by atoms with van der Waals surface area (Å²) in [5, 5.41) is 2.85. The van der Waals surface area contributed by atoms with Crippen LogP contribution in [0.4, 0.5) is 19.1 Å². The van der Waals surface area contributed by atoms with Crippen LogP contribution in [-0.4, -0.2) is 9.97 Å². The summed E-state index contributed by atoms with van der Waals surface area (Å²) in [6.45, 7) is 1.83. The zero-order chi connectivity index (χ0) is 13.9. The molecule has 2 rings (SSSR count). The molecular weight excluding hydrogens is 255 g/mol. The van der Waals surface area contributed by atoms with E-state index >= 15 is 0 Å². The monoisotopic (exact) mass is 267 g/mol. The Morgan fingerprint density at radius 3 is 2.42 bits per heavy atom. The van der Waals surface area contributed by atoms with Gasteiger partial charge in [-0.1, -0.05) is 30.3 Å². The molecule has 0 aliphatic carbocycles. The Bertz CT molecular complexity index is 540. The third-order valence-electron chi connectivity index (χ3n) is 2.59. The van der Waals surface area contributed by atoms with Crippen molar-refractivity contribution in [2.45, 2.75) is 19.1 Å². The Kier molecular flexibility index (Phi) is 3.69. The fourth-order valence-electron chi connectivity index (χ4n) is 1.60. The van der Waals surface area contributed by atoms with E-state index in [9.17, 15) is 13.2 Å². The van der Waals surface area contributed by atoms with Crippen molar-refractivity contribution in [2.24, 2.45) is 0 Å². The molecular formula is C13H12F3N3. The number of benzene rings is 1. The first-order valence-electron chi connectivity index (χ1n) is 5.68. The second-order valence-electron chi connectivity index (χ2n) is 4.04. The molecule has 19 heavy (non-hydrogen) atoms. The lowest BCUT2D eigenvalue weighted by Crippen LogP contribution is -2.13. The van der Waals surface area contributed by atoms with Gasteiger partial charge in [-0.15, -0.1) is 0 Å². The number of nitrogens with one attached hydrogen (secondary N) is 1. The molecule has 1 atom stereocenters. The van der Waals surface area contributed by atoms with Crippen molar-refractivity contribution in [3.63, 3.8) is 0 Å². The molecule has 100 valence electrons. The molecule has 2 aromatic rings. The van der Waals surface area contributed by atoms with E-state index in [0.29, 0.717) is 0 Å². The largest absolute Gasteiger partial charge is 0.433 e. The van der Waals surface area contributed by atoms with Crippen molar-refractivity contribution >= 4 is 5.95 Å². The molecule has 0 aliphatic rings. The van der Waals surface area contributed by atoms with Gasteiger partial charge in [-0.2, -0.15) is 13.2 Å². The molecule has 0 aliphatic heterocycles. The third kappa shape index (κ3) is 3.43. The molecule has 3 nitrogen and oxygen atoms in total. The second-order valence-corrected chi connectivity index (χ2v) is 4.04. The minimum absolute atomic E-state index is 0.0359. The first-order chi connectivity index (χ1) is 8.97. The topological polar surface area (TPSA) is 37.8 Å². The lowest BCUT2D eigenvalue weighted by Gasteiger charge is -2.15. The fraction of sp³-hybridized carbons (Fsp3) is 0.231. The van der Waals surface area contributed by atoms with Crippen LogP contribution in [0.5, 0.6) is 0 Å². The van der Waals surface area contributed by atoms with Gasteiger partial charge in [-0.25, -0.2) is 9.97 Å². The Balaban J connectivity index is 2.16. The van der Waals surface area contributed by atoms with Crippen molar-refractivity contribution < 1.29 is 13.2 Å². The number of hydrogen-bond donors (Lipinski definition) is 1. The van der Waals surface area contributed by atoms with Gasteiger partial charge in [0.05, 0.1) is 6.04 Å². The van der Waals surface area contributed by atoms with E-state index in [1.165, 1.54) is 0 Å². The van der Waals surface area contributed by atoms with Gasteiger partial charge in [0.2, 0.25) is 5.95 Å². The van der Waals surface area contributed by atoms with E-state index in [4.69, 9.17) is 0 Å². The summed E-state index contributed by atoms with van der Waals surface area (Å²) in [6, 6.07) is 10.0. The molecule has 0 saturated carbocycles. The second kappa shape index (κ2) is 5.26. The molecule has 0 bridgehead atoms. The number of hydrogen-bond acceptors (Lipinski definition) is 3. The smallest absolute Gasteiger partial charge is 0.348 e. The third-order valence-corrected chi connectivity index (χ3v) is 2.59. The van der Waals surface area contributed by atoms with Gasteiger partial charge in [-0.3, -0.25) is 0 Å². The molecule has 0 saturated heterocycles. The molecule has 0 spiro atoms. The lowest BCUT2D eigenvalue weighted by molar-refractivity contribution is -0.141. The Hall–Kier alpha value is -2.11. The predicted octanol–water partition coefficient (Wildman–Crippen LogP) is 3.67. The molecule has 1 unspecified atom stereocenters. The summed E-state index contributed by atoms with van der Waals surface area (Å²) >= 11 is 0. The van der Waals surface area contributed by atoms with E-state index in [0.717, 1.165) is 17.8 Å². The van der Waals surface area contributed by atoms with Gasteiger partial charge in [-0.05, 0) is 18.6 Å². The van der Waals surface area contributed by atoms with E-state index in [-0.39, 0.29) is 12.0 Å². The standard InChI is InChI=1S/C13H12F3N3/c1-9(10-5-3-2-4-6-10)18-12-17-8-7-11(19-12)13(14,15)16/h2-9H,1H3,(H,17,18,19). The highest BCUT2D eigenvalue weighted by molar-refractivity contribution is 5.32. The van der Waals surface area contributed by atoms with Crippen molar-refractivity contribution in [2.75, 3.05) is 5.32 Å². The van der Waals surface area contributed by atoms with Crippen LogP contribution in [0.2, 0.25) is 0 Å². The Morgan fingerprint density at radius 2 is 1.79 bits per heavy atom. The summed E-state index contributed by atoms with van der Waals surface area (Å²) in [7, 11) is 0. The maximum Gasteiger partial charge on any atom is 0.433 e. The molecule has 0 radical (unpaired) electrons. The molecule has 1 N–H and O–H groups in total. The SMILES string of the molecule is CC(Nc1nccc(C(F)(F)F)n1)c1ccccc1. The number of alkyl halides is 3. The summed E-state index contributed by atoms with van der Waals surface area (Å²) < 4.78 is 37.5. The summed E-state index contributed by atoms with van der Waals surface area (Å²) in [5.74, 6) is -0.0359. The summed E-state index contributed by atoms with van der Waals surface area (Å²) in [5.41, 5.74) is -0.00577. The molecule has 0 amide bonds. The van der Waals surface area contributed by atoms with Crippen LogP contribution >= 0.6 is 0 Å². The Morgan fingerprint density at radius 1 is 1.11 bits per heavy atom. The first kappa shape index (κ1) is 13.3. The van der Waals surface area contributed by atoms with Crippen molar-refractivity contribution in [1.82, 2.24) is 9.97 Å². The van der Waals surface area contributed by atoms with Crippen LogP contribution in [0.25, 0.3) is 0 Å². The molecule has 0 fully saturated rings. The van der Waals surface area contributed by atoms with E-state index in [2.05, 4.69) is 15.3 Å². The van der Waals surface area contributed by atoms with Crippen LogP contribution in [0, 0.1) is 0 Å². The van der Waals surface area contributed by atoms with Gasteiger partial charge >= 0.3 is 6.18 Å². The van der Waals surface area contributed by atoms with Crippen LogP contribution in [0.15, 0.2) is 42.6 Å². The average molecular weight is 267 g/mol. The number of nitrogens with zero attached hydrogens (tertiary/aromatic N) is 2. The number of anilines is 1. The zero-order valence-corrected chi connectivity index (χ0v) is 10.1. The van der Waals surface area contributed by atoms with Crippen molar-refractivity contribution in [3.05, 3.63) is 53.9 Å². The predicted molar refractivity (Wildman–Crippen MR) is 65.5 cm³/mol. The molecule has 1 aromatic heterocycles. The van der Waals surface area contributed by atoms with Crippen LogP contribution < -0.4 is 5.32 Å². The highest BCUT2D eigenvalue weighted by Gasteiger charge is 2.32. The van der Waals surface area contributed by atoms with E-state index in [1.54, 1.807) is 0 Å². The van der Waals surface area contributed by atoms with Gasteiger partial charge in [0.25, 0.3) is 0 Å². The van der Waals surface area contributed by atoms with E-state index < -0.39 is 11.9 Å². The maximum absolute atomic E-state index is 12.5. The molecule has 1 heterocycles. The maximum atomic E-state index is 12.5. The summed E-state index contributed by atoms with van der Waals surface area (Å²) in [6.07, 6.45) is -3.37. The van der Waals surface area contributed by atoms with Crippen molar-refractivity contribution in [1.29, 1.82) is 0 Å². The number of aromatic nitrogens is 2. The lowest BCUT2D eigenvalue weighted by atomic mass is 10.1. The van der Waals surface area contributed by atoms with Gasteiger partial charge < -0.3 is 5.32 Å². The number of halogens is 3. The minimum Gasteiger partial charge on any atom is -0.348 e. The van der Waals surface area contributed by atoms with Crippen LogP contribution in [0.3, 0.4) is 0 Å². The quantitative estimate of drug-likeness (QED) is 0.922. The van der Waals surface area contributed by atoms with Crippen LogP contribution in [0.1, 0.15) is 24.2 Å². The zero-order valence-electron chi connectivity index (χ0n) is 10.1. The summed E-state index contributed by atoms with van der Waals surface area (Å²) in [4.78, 5) is 7.26. The number of rotatable bonds is 3. The van der Waals surface area contributed by atoms with Gasteiger partial charge in [0, 0.05) is 6.20 Å². The van der Waals surface area contributed by atoms with Gasteiger partial charge in [0.15, 0.2) is 0 Å². The highest BCUT2D eigenvalue weighted by atomic mass is 19.4. The normalized spacial score (nSPS) is 13.1. The Labute approximate surface area is 108 Å². The molecule has 6 heteroatoms.